The first-order valence-electron chi connectivity index (χ1n) is 5.30. The van der Waals surface area contributed by atoms with Gasteiger partial charge in [-0.1, -0.05) is 24.3 Å². The van der Waals surface area contributed by atoms with Crippen molar-refractivity contribution >= 4 is 12.0 Å². The summed E-state index contributed by atoms with van der Waals surface area (Å²) in [5.41, 5.74) is 1.08. The Morgan fingerprint density at radius 2 is 2.25 bits per heavy atom. The van der Waals surface area contributed by atoms with E-state index >= 15 is 0 Å². The molecule has 0 fully saturated rings. The van der Waals surface area contributed by atoms with Gasteiger partial charge in [-0.25, -0.2) is 0 Å². The molecular weight excluding hydrogens is 204 g/mol. The third kappa shape index (κ3) is 2.42. The van der Waals surface area contributed by atoms with Crippen LogP contribution in [0.4, 0.5) is 0 Å². The Balaban J connectivity index is 1.96. The van der Waals surface area contributed by atoms with E-state index < -0.39 is 0 Å². The molecule has 0 radical (unpaired) electrons. The molecule has 1 aliphatic heterocycles. The lowest BCUT2D eigenvalue weighted by molar-refractivity contribution is -0.141. The van der Waals surface area contributed by atoms with E-state index in [0.29, 0.717) is 12.8 Å². The highest BCUT2D eigenvalue weighted by Gasteiger charge is 2.15. The second kappa shape index (κ2) is 4.84. The fraction of sp³-hybridized carbons (Fsp3) is 0.308. The number of esters is 1. The van der Waals surface area contributed by atoms with E-state index in [4.69, 9.17) is 4.74 Å². The van der Waals surface area contributed by atoms with Crippen molar-refractivity contribution in [3.8, 4) is 5.75 Å². The molecule has 0 saturated carbocycles. The Kier molecular flexibility index (Phi) is 3.25. The van der Waals surface area contributed by atoms with Crippen LogP contribution in [0.2, 0.25) is 0 Å². The molecular formula is C13H14O3. The second-order valence-electron chi connectivity index (χ2n) is 3.67. The first kappa shape index (κ1) is 10.7. The Hall–Kier alpha value is -1.77. The molecule has 1 heterocycles. The minimum atomic E-state index is -0.198. The fourth-order valence-electron chi connectivity index (χ4n) is 1.66. The maximum atomic E-state index is 11.0. The largest absolute Gasteiger partial charge is 0.486 e. The molecule has 0 bridgehead atoms. The number of rotatable bonds is 3. The van der Waals surface area contributed by atoms with Gasteiger partial charge in [0.1, 0.15) is 11.9 Å². The topological polar surface area (TPSA) is 35.5 Å². The van der Waals surface area contributed by atoms with E-state index in [1.807, 2.05) is 36.4 Å². The van der Waals surface area contributed by atoms with Crippen molar-refractivity contribution in [2.24, 2.45) is 0 Å². The summed E-state index contributed by atoms with van der Waals surface area (Å²) in [7, 11) is 1.40. The van der Waals surface area contributed by atoms with Gasteiger partial charge in [-0.2, -0.15) is 0 Å². The first-order chi connectivity index (χ1) is 7.79. The number of carbonyl (C=O) groups is 1. The van der Waals surface area contributed by atoms with E-state index in [-0.39, 0.29) is 12.1 Å². The van der Waals surface area contributed by atoms with Crippen molar-refractivity contribution in [1.82, 2.24) is 0 Å². The minimum absolute atomic E-state index is 0.0333. The average Bonchev–Trinajstić information content (AvgIpc) is 2.35. The minimum Gasteiger partial charge on any atom is -0.486 e. The molecule has 84 valence electrons. The summed E-state index contributed by atoms with van der Waals surface area (Å²) in [6.07, 6.45) is 5.01. The number of fused-ring (bicyclic) bond motifs is 1. The van der Waals surface area contributed by atoms with Gasteiger partial charge in [0.2, 0.25) is 0 Å². The number of hydrogen-bond donors (Lipinski definition) is 0. The predicted molar refractivity (Wildman–Crippen MR) is 61.1 cm³/mol. The van der Waals surface area contributed by atoms with E-state index in [1.54, 1.807) is 0 Å². The highest BCUT2D eigenvalue weighted by atomic mass is 16.5. The molecule has 1 aromatic rings. The van der Waals surface area contributed by atoms with Crippen molar-refractivity contribution in [3.63, 3.8) is 0 Å². The number of methoxy groups -OCH3 is 1. The maximum Gasteiger partial charge on any atom is 0.305 e. The number of para-hydroxylation sites is 1. The first-order valence-corrected chi connectivity index (χ1v) is 5.30. The molecule has 0 N–H and O–H groups in total. The van der Waals surface area contributed by atoms with Crippen LogP contribution in [0, 0.1) is 0 Å². The van der Waals surface area contributed by atoms with E-state index in [2.05, 4.69) is 4.74 Å². The Bertz CT molecular complexity index is 409. The van der Waals surface area contributed by atoms with Gasteiger partial charge in [0.15, 0.2) is 0 Å². The summed E-state index contributed by atoms with van der Waals surface area (Å²) in [6, 6.07) is 7.85. The van der Waals surface area contributed by atoms with Crippen LogP contribution in [0.3, 0.4) is 0 Å². The molecule has 3 heteroatoms. The lowest BCUT2D eigenvalue weighted by Crippen LogP contribution is -2.18. The molecule has 3 nitrogen and oxygen atoms in total. The SMILES string of the molecule is COC(=O)CCC1C=Cc2ccccc2O1. The van der Waals surface area contributed by atoms with Crippen molar-refractivity contribution in [1.29, 1.82) is 0 Å². The summed E-state index contributed by atoms with van der Waals surface area (Å²) in [5.74, 6) is 0.677. The Morgan fingerprint density at radius 3 is 3.06 bits per heavy atom. The molecule has 0 aromatic heterocycles. The van der Waals surface area contributed by atoms with Gasteiger partial charge >= 0.3 is 5.97 Å². The van der Waals surface area contributed by atoms with Gasteiger partial charge in [-0.15, -0.1) is 0 Å². The van der Waals surface area contributed by atoms with Crippen LogP contribution in [0.1, 0.15) is 18.4 Å². The molecule has 0 saturated heterocycles. The van der Waals surface area contributed by atoms with Crippen molar-refractivity contribution in [2.45, 2.75) is 18.9 Å². The molecule has 0 amide bonds. The smallest absolute Gasteiger partial charge is 0.305 e. The van der Waals surface area contributed by atoms with Gasteiger partial charge in [0, 0.05) is 12.0 Å². The molecule has 1 unspecified atom stereocenters. The zero-order valence-corrected chi connectivity index (χ0v) is 9.18. The van der Waals surface area contributed by atoms with Gasteiger partial charge in [0.25, 0.3) is 0 Å². The van der Waals surface area contributed by atoms with Crippen LogP contribution in [0.25, 0.3) is 6.08 Å². The highest BCUT2D eigenvalue weighted by Crippen LogP contribution is 2.26. The second-order valence-corrected chi connectivity index (χ2v) is 3.67. The van der Waals surface area contributed by atoms with Gasteiger partial charge in [-0.05, 0) is 18.6 Å². The van der Waals surface area contributed by atoms with Crippen LogP contribution in [0.5, 0.6) is 5.75 Å². The van der Waals surface area contributed by atoms with Crippen LogP contribution in [0.15, 0.2) is 30.3 Å². The van der Waals surface area contributed by atoms with E-state index in [1.165, 1.54) is 7.11 Å². The maximum absolute atomic E-state index is 11.0. The van der Waals surface area contributed by atoms with Gasteiger partial charge < -0.3 is 9.47 Å². The van der Waals surface area contributed by atoms with Crippen molar-refractivity contribution < 1.29 is 14.3 Å². The predicted octanol–water partition coefficient (Wildman–Crippen LogP) is 2.41. The summed E-state index contributed by atoms with van der Waals surface area (Å²) in [6.45, 7) is 0. The number of benzene rings is 1. The lowest BCUT2D eigenvalue weighted by atomic mass is 10.1. The number of ether oxygens (including phenoxy) is 2. The molecule has 1 aliphatic rings. The zero-order valence-electron chi connectivity index (χ0n) is 9.18. The average molecular weight is 218 g/mol. The van der Waals surface area contributed by atoms with E-state index in [9.17, 15) is 4.79 Å². The normalized spacial score (nSPS) is 17.4. The molecule has 16 heavy (non-hydrogen) atoms. The molecule has 1 atom stereocenters. The summed E-state index contributed by atoms with van der Waals surface area (Å²) in [5, 5.41) is 0. The zero-order chi connectivity index (χ0) is 11.4. The van der Waals surface area contributed by atoms with Crippen LogP contribution >= 0.6 is 0 Å². The standard InChI is InChI=1S/C13H14O3/c1-15-13(14)9-8-11-7-6-10-4-2-3-5-12(10)16-11/h2-7,11H,8-9H2,1H3. The van der Waals surface area contributed by atoms with Gasteiger partial charge in [0.05, 0.1) is 7.11 Å². The molecule has 1 aromatic carbocycles. The quantitative estimate of drug-likeness (QED) is 0.731. The van der Waals surface area contributed by atoms with E-state index in [0.717, 1.165) is 11.3 Å². The Morgan fingerprint density at radius 1 is 1.44 bits per heavy atom. The molecule has 0 spiro atoms. The monoisotopic (exact) mass is 218 g/mol. The third-order valence-corrected chi connectivity index (χ3v) is 2.55. The molecule has 0 aliphatic carbocycles. The summed E-state index contributed by atoms with van der Waals surface area (Å²) in [4.78, 5) is 11.0. The highest BCUT2D eigenvalue weighted by molar-refractivity contribution is 5.69. The number of carbonyl (C=O) groups excluding carboxylic acids is 1. The Labute approximate surface area is 94.7 Å². The number of hydrogen-bond acceptors (Lipinski definition) is 3. The summed E-state index contributed by atoms with van der Waals surface area (Å²) < 4.78 is 10.3. The fourth-order valence-corrected chi connectivity index (χ4v) is 1.66. The summed E-state index contributed by atoms with van der Waals surface area (Å²) >= 11 is 0. The van der Waals surface area contributed by atoms with Gasteiger partial charge in [-0.3, -0.25) is 4.79 Å². The van der Waals surface area contributed by atoms with Crippen LogP contribution in [-0.4, -0.2) is 19.2 Å². The van der Waals surface area contributed by atoms with Crippen molar-refractivity contribution in [3.05, 3.63) is 35.9 Å². The van der Waals surface area contributed by atoms with Crippen LogP contribution < -0.4 is 4.74 Å². The third-order valence-electron chi connectivity index (χ3n) is 2.55. The molecule has 2 rings (SSSR count). The van der Waals surface area contributed by atoms with Crippen molar-refractivity contribution in [2.75, 3.05) is 7.11 Å². The van der Waals surface area contributed by atoms with Crippen LogP contribution in [-0.2, 0) is 9.53 Å². The lowest BCUT2D eigenvalue weighted by Gasteiger charge is -2.20.